The molecular formula is C13H16F2. The summed E-state index contributed by atoms with van der Waals surface area (Å²) < 4.78 is 24.1. The van der Waals surface area contributed by atoms with E-state index in [1.165, 1.54) is 6.08 Å². The monoisotopic (exact) mass is 210 g/mol. The van der Waals surface area contributed by atoms with Crippen LogP contribution in [0.15, 0.2) is 24.3 Å². The summed E-state index contributed by atoms with van der Waals surface area (Å²) in [6.45, 7) is 6.15. The van der Waals surface area contributed by atoms with Crippen LogP contribution in [0.4, 0.5) is 8.78 Å². The van der Waals surface area contributed by atoms with E-state index in [1.807, 2.05) is 25.1 Å². The second kappa shape index (κ2) is 5.06. The van der Waals surface area contributed by atoms with Crippen molar-refractivity contribution in [1.82, 2.24) is 0 Å². The van der Waals surface area contributed by atoms with Gasteiger partial charge >= 0.3 is 0 Å². The van der Waals surface area contributed by atoms with E-state index in [2.05, 4.69) is 13.8 Å². The largest absolute Gasteiger partial charge is 0.257 e. The zero-order valence-electron chi connectivity index (χ0n) is 9.30. The summed E-state index contributed by atoms with van der Waals surface area (Å²) in [5.41, 5.74) is 3.20. The lowest BCUT2D eigenvalue weighted by Gasteiger charge is -2.13. The van der Waals surface area contributed by atoms with E-state index in [4.69, 9.17) is 0 Å². The van der Waals surface area contributed by atoms with Gasteiger partial charge in [0.1, 0.15) is 0 Å². The van der Waals surface area contributed by atoms with Crippen molar-refractivity contribution in [3.05, 3.63) is 41.0 Å². The van der Waals surface area contributed by atoms with Crippen molar-refractivity contribution in [3.8, 4) is 0 Å². The first-order chi connectivity index (χ1) is 7.02. The van der Waals surface area contributed by atoms with E-state index in [1.54, 1.807) is 0 Å². The predicted molar refractivity (Wildman–Crippen MR) is 60.3 cm³/mol. The lowest BCUT2D eigenvalue weighted by atomic mass is 9.92. The van der Waals surface area contributed by atoms with Crippen LogP contribution in [0.3, 0.4) is 0 Å². The summed E-state index contributed by atoms with van der Waals surface area (Å²) in [6, 6.07) is 5.78. The fraction of sp³-hybridized carbons (Fsp3) is 0.385. The minimum absolute atomic E-state index is 0.350. The molecule has 0 saturated heterocycles. The van der Waals surface area contributed by atoms with Gasteiger partial charge in [-0.25, -0.2) is 8.78 Å². The maximum absolute atomic E-state index is 12.1. The first-order valence-electron chi connectivity index (χ1n) is 5.08. The molecule has 2 heteroatoms. The van der Waals surface area contributed by atoms with Gasteiger partial charge in [0.15, 0.2) is 0 Å². The highest BCUT2D eigenvalue weighted by Gasteiger charge is 2.07. The lowest BCUT2D eigenvalue weighted by Crippen LogP contribution is -1.96. The topological polar surface area (TPSA) is 0 Å². The van der Waals surface area contributed by atoms with Crippen LogP contribution in [0.5, 0.6) is 0 Å². The Kier molecular flexibility index (Phi) is 4.01. The standard InChI is InChI=1S/C13H16F2/c1-9(2)13-10(3)5-4-6-11(13)7-8-12(14)15/h4-9,12H,1-3H3. The number of hydrogen-bond donors (Lipinski definition) is 0. The molecule has 82 valence electrons. The summed E-state index contributed by atoms with van der Waals surface area (Å²) in [5, 5.41) is 0. The molecule has 0 unspecified atom stereocenters. The average molecular weight is 210 g/mol. The van der Waals surface area contributed by atoms with Crippen LogP contribution in [-0.4, -0.2) is 6.43 Å². The van der Waals surface area contributed by atoms with Crippen molar-refractivity contribution in [2.24, 2.45) is 0 Å². The summed E-state index contributed by atoms with van der Waals surface area (Å²) in [6.07, 6.45) is 0.0544. The zero-order chi connectivity index (χ0) is 11.4. The van der Waals surface area contributed by atoms with Crippen LogP contribution in [-0.2, 0) is 0 Å². The van der Waals surface area contributed by atoms with Gasteiger partial charge in [0, 0.05) is 0 Å². The summed E-state index contributed by atoms with van der Waals surface area (Å²) in [5.74, 6) is 0.350. The van der Waals surface area contributed by atoms with E-state index in [0.717, 1.165) is 22.8 Å². The van der Waals surface area contributed by atoms with E-state index in [9.17, 15) is 8.78 Å². The molecule has 0 spiro atoms. The Hall–Kier alpha value is -1.18. The number of rotatable bonds is 3. The maximum atomic E-state index is 12.1. The molecule has 0 radical (unpaired) electrons. The molecule has 0 atom stereocenters. The fourth-order valence-corrected chi connectivity index (χ4v) is 1.81. The van der Waals surface area contributed by atoms with Crippen molar-refractivity contribution in [1.29, 1.82) is 0 Å². The molecule has 1 rings (SSSR count). The van der Waals surface area contributed by atoms with Crippen molar-refractivity contribution in [2.75, 3.05) is 0 Å². The third-order valence-electron chi connectivity index (χ3n) is 2.36. The molecule has 0 N–H and O–H groups in total. The maximum Gasteiger partial charge on any atom is 0.257 e. The molecular weight excluding hydrogens is 194 g/mol. The molecule has 0 aliphatic heterocycles. The first kappa shape index (κ1) is 11.9. The first-order valence-corrected chi connectivity index (χ1v) is 5.08. The highest BCUT2D eigenvalue weighted by molar-refractivity contribution is 5.57. The Morgan fingerprint density at radius 1 is 1.20 bits per heavy atom. The van der Waals surface area contributed by atoms with Crippen molar-refractivity contribution in [2.45, 2.75) is 33.1 Å². The van der Waals surface area contributed by atoms with Gasteiger partial charge in [0.05, 0.1) is 0 Å². The third-order valence-corrected chi connectivity index (χ3v) is 2.36. The normalized spacial score (nSPS) is 11.9. The molecule has 0 nitrogen and oxygen atoms in total. The van der Waals surface area contributed by atoms with Gasteiger partial charge in [-0.2, -0.15) is 0 Å². The number of aryl methyl sites for hydroxylation is 1. The molecule has 0 saturated carbocycles. The Balaban J connectivity index is 3.12. The Bertz CT molecular complexity index is 352. The van der Waals surface area contributed by atoms with Gasteiger partial charge in [-0.1, -0.05) is 38.1 Å². The summed E-state index contributed by atoms with van der Waals surface area (Å²) in [4.78, 5) is 0. The Labute approximate surface area is 89.6 Å². The molecule has 0 aliphatic rings. The minimum atomic E-state index is -2.38. The van der Waals surface area contributed by atoms with E-state index in [0.29, 0.717) is 5.92 Å². The van der Waals surface area contributed by atoms with Crippen LogP contribution in [0.2, 0.25) is 0 Å². The molecule has 0 aromatic heterocycles. The number of allylic oxidation sites excluding steroid dienone is 1. The van der Waals surface area contributed by atoms with E-state index < -0.39 is 6.43 Å². The van der Waals surface area contributed by atoms with E-state index in [-0.39, 0.29) is 0 Å². The van der Waals surface area contributed by atoms with Crippen LogP contribution in [0.1, 0.15) is 36.5 Å². The number of hydrogen-bond acceptors (Lipinski definition) is 0. The Morgan fingerprint density at radius 2 is 1.87 bits per heavy atom. The molecule has 0 fully saturated rings. The van der Waals surface area contributed by atoms with Crippen molar-refractivity contribution >= 4 is 6.08 Å². The highest BCUT2D eigenvalue weighted by Crippen LogP contribution is 2.24. The number of alkyl halides is 2. The number of benzene rings is 1. The zero-order valence-corrected chi connectivity index (χ0v) is 9.30. The molecule has 0 bridgehead atoms. The molecule has 1 aromatic carbocycles. The quantitative estimate of drug-likeness (QED) is 0.693. The van der Waals surface area contributed by atoms with Gasteiger partial charge < -0.3 is 0 Å². The third kappa shape index (κ3) is 3.15. The van der Waals surface area contributed by atoms with Crippen LogP contribution >= 0.6 is 0 Å². The molecule has 0 aliphatic carbocycles. The average Bonchev–Trinajstić information content (AvgIpc) is 2.13. The van der Waals surface area contributed by atoms with Gasteiger partial charge in [0.2, 0.25) is 0 Å². The number of halogens is 2. The molecule has 0 heterocycles. The van der Waals surface area contributed by atoms with Crippen LogP contribution < -0.4 is 0 Å². The Morgan fingerprint density at radius 3 is 2.40 bits per heavy atom. The van der Waals surface area contributed by atoms with Crippen LogP contribution in [0, 0.1) is 6.92 Å². The molecule has 15 heavy (non-hydrogen) atoms. The molecule has 1 aromatic rings. The smallest absolute Gasteiger partial charge is 0.206 e. The molecule has 0 amide bonds. The minimum Gasteiger partial charge on any atom is -0.206 e. The fourth-order valence-electron chi connectivity index (χ4n) is 1.81. The van der Waals surface area contributed by atoms with Gasteiger partial charge in [-0.15, -0.1) is 0 Å². The van der Waals surface area contributed by atoms with Gasteiger partial charge in [0.25, 0.3) is 6.43 Å². The second-order valence-corrected chi connectivity index (χ2v) is 3.93. The van der Waals surface area contributed by atoms with E-state index >= 15 is 0 Å². The summed E-state index contributed by atoms with van der Waals surface area (Å²) >= 11 is 0. The predicted octanol–water partition coefficient (Wildman–Crippen LogP) is 4.40. The lowest BCUT2D eigenvalue weighted by molar-refractivity contribution is 0.205. The van der Waals surface area contributed by atoms with Crippen LogP contribution in [0.25, 0.3) is 6.08 Å². The SMILES string of the molecule is Cc1cccc(C=CC(F)F)c1C(C)C. The summed E-state index contributed by atoms with van der Waals surface area (Å²) in [7, 11) is 0. The second-order valence-electron chi connectivity index (χ2n) is 3.93. The van der Waals surface area contributed by atoms with Gasteiger partial charge in [-0.3, -0.25) is 0 Å². The highest BCUT2D eigenvalue weighted by atomic mass is 19.3. The van der Waals surface area contributed by atoms with Crippen molar-refractivity contribution < 1.29 is 8.78 Å². The van der Waals surface area contributed by atoms with Crippen molar-refractivity contribution in [3.63, 3.8) is 0 Å². The van der Waals surface area contributed by atoms with Gasteiger partial charge in [-0.05, 0) is 35.6 Å².